The minimum atomic E-state index is 0.351. The largest absolute Gasteiger partial charge is 0.0879 e. The van der Waals surface area contributed by atoms with E-state index in [0.29, 0.717) is 9.65 Å². The highest BCUT2D eigenvalue weighted by atomic mass is 79.9. The van der Waals surface area contributed by atoms with Gasteiger partial charge < -0.3 is 0 Å². The van der Waals surface area contributed by atoms with Crippen molar-refractivity contribution in [1.29, 1.82) is 0 Å². The van der Waals surface area contributed by atoms with Crippen molar-refractivity contribution in [2.45, 2.75) is 48.7 Å². The summed E-state index contributed by atoms with van der Waals surface area (Å²) in [4.78, 5) is 0.892. The number of hydrogen-bond acceptors (Lipinski definition) is 0. The van der Waals surface area contributed by atoms with Gasteiger partial charge in [-0.05, 0) is 13.3 Å². The summed E-state index contributed by atoms with van der Waals surface area (Å²) in [5.41, 5.74) is 0. The van der Waals surface area contributed by atoms with Gasteiger partial charge in [0, 0.05) is 9.65 Å². The van der Waals surface area contributed by atoms with Gasteiger partial charge in [-0.3, -0.25) is 0 Å². The minimum absolute atomic E-state index is 0.351. The maximum atomic E-state index is 3.91. The van der Waals surface area contributed by atoms with Gasteiger partial charge in [-0.1, -0.05) is 64.5 Å². The van der Waals surface area contributed by atoms with Crippen LogP contribution in [0, 0.1) is 6.92 Å². The molecule has 0 bridgehead atoms. The van der Waals surface area contributed by atoms with Crippen molar-refractivity contribution in [2.75, 3.05) is 0 Å². The Balaban J connectivity index is 3.10. The highest BCUT2D eigenvalue weighted by Gasteiger charge is 2.08. The van der Waals surface area contributed by atoms with Gasteiger partial charge in [-0.2, -0.15) is 0 Å². The first-order chi connectivity index (χ1) is 5.18. The lowest BCUT2D eigenvalue weighted by Crippen LogP contribution is -2.09. The lowest BCUT2D eigenvalue weighted by atomic mass is 10.1. The molecule has 0 aromatic heterocycles. The molecule has 0 saturated heterocycles. The maximum Gasteiger partial charge on any atom is 0.0271 e. The van der Waals surface area contributed by atoms with Crippen molar-refractivity contribution < 1.29 is 0 Å². The predicted molar refractivity (Wildman–Crippen MR) is 59.5 cm³/mol. The summed E-state index contributed by atoms with van der Waals surface area (Å²) in [5, 5.41) is 0. The van der Waals surface area contributed by atoms with E-state index in [0.717, 1.165) is 0 Å². The van der Waals surface area contributed by atoms with Crippen LogP contribution in [0.5, 0.6) is 0 Å². The van der Waals surface area contributed by atoms with Crippen LogP contribution in [0.15, 0.2) is 0 Å². The van der Waals surface area contributed by atoms with Crippen molar-refractivity contribution in [3.8, 4) is 0 Å². The summed E-state index contributed by atoms with van der Waals surface area (Å²) < 4.78 is 0. The second-order valence-corrected chi connectivity index (χ2v) is 5.23. The third-order valence-corrected chi connectivity index (χ3v) is 4.17. The Kier molecular flexibility index (Phi) is 8.26. The Labute approximate surface area is 87.4 Å². The molecular formula is C9H17Br2. The highest BCUT2D eigenvalue weighted by Crippen LogP contribution is 2.19. The molecule has 1 radical (unpaired) electrons. The molecule has 0 heterocycles. The number of halogens is 2. The van der Waals surface area contributed by atoms with E-state index < -0.39 is 0 Å². The Bertz CT molecular complexity index is 81.6. The summed E-state index contributed by atoms with van der Waals surface area (Å²) >= 11 is 7.04. The fraction of sp³-hybridized carbons (Fsp3) is 0.889. The molecule has 0 N–H and O–H groups in total. The van der Waals surface area contributed by atoms with Crippen molar-refractivity contribution in [3.05, 3.63) is 6.92 Å². The molecule has 67 valence electrons. The normalized spacial score (nSPS) is 16.4. The van der Waals surface area contributed by atoms with Crippen LogP contribution >= 0.6 is 31.9 Å². The zero-order valence-corrected chi connectivity index (χ0v) is 10.3. The van der Waals surface area contributed by atoms with Crippen LogP contribution in [0.2, 0.25) is 0 Å². The maximum absolute atomic E-state index is 3.91. The van der Waals surface area contributed by atoms with Gasteiger partial charge in [0.2, 0.25) is 0 Å². The summed E-state index contributed by atoms with van der Waals surface area (Å²) in [6.07, 6.45) is 6.60. The smallest absolute Gasteiger partial charge is 0.0271 e. The molecule has 2 unspecified atom stereocenters. The van der Waals surface area contributed by atoms with Gasteiger partial charge in [0.15, 0.2) is 0 Å². The van der Waals surface area contributed by atoms with E-state index in [1.807, 2.05) is 0 Å². The molecule has 0 aliphatic heterocycles. The first-order valence-corrected chi connectivity index (χ1v) is 6.12. The SMILES string of the molecule is [CH2]C(Br)C(Br)CCCCCC. The molecule has 0 aromatic carbocycles. The summed E-state index contributed by atoms with van der Waals surface area (Å²) in [6.45, 7) is 6.14. The quantitative estimate of drug-likeness (QED) is 0.503. The van der Waals surface area contributed by atoms with Crippen LogP contribution in [0.25, 0.3) is 0 Å². The molecule has 0 amide bonds. The summed E-state index contributed by atoms with van der Waals surface area (Å²) in [6, 6.07) is 0. The topological polar surface area (TPSA) is 0 Å². The fourth-order valence-corrected chi connectivity index (χ4v) is 1.54. The second kappa shape index (κ2) is 7.60. The van der Waals surface area contributed by atoms with Crippen molar-refractivity contribution in [3.63, 3.8) is 0 Å². The Morgan fingerprint density at radius 2 is 1.82 bits per heavy atom. The molecule has 0 rings (SSSR count). The molecule has 0 saturated carbocycles. The zero-order valence-electron chi connectivity index (χ0n) is 7.15. The molecule has 0 fully saturated rings. The third kappa shape index (κ3) is 7.32. The van der Waals surface area contributed by atoms with Crippen molar-refractivity contribution >= 4 is 31.9 Å². The van der Waals surface area contributed by atoms with Gasteiger partial charge >= 0.3 is 0 Å². The lowest BCUT2D eigenvalue weighted by molar-refractivity contribution is 0.626. The second-order valence-electron chi connectivity index (χ2n) is 2.88. The molecule has 11 heavy (non-hydrogen) atoms. The lowest BCUT2D eigenvalue weighted by Gasteiger charge is -2.10. The number of unbranched alkanes of at least 4 members (excludes halogenated alkanes) is 3. The molecule has 2 atom stereocenters. The van der Waals surface area contributed by atoms with E-state index in [2.05, 4.69) is 45.7 Å². The van der Waals surface area contributed by atoms with Gasteiger partial charge in [-0.15, -0.1) is 0 Å². The van der Waals surface area contributed by atoms with E-state index in [1.54, 1.807) is 0 Å². The Hall–Kier alpha value is 0.960. The first kappa shape index (κ1) is 12.0. The number of rotatable bonds is 6. The van der Waals surface area contributed by atoms with Crippen LogP contribution in [0.1, 0.15) is 39.0 Å². The predicted octanol–water partition coefficient (Wildman–Crippen LogP) is 4.32. The van der Waals surface area contributed by atoms with E-state index >= 15 is 0 Å². The van der Waals surface area contributed by atoms with E-state index in [9.17, 15) is 0 Å². The van der Waals surface area contributed by atoms with E-state index in [-0.39, 0.29) is 0 Å². The van der Waals surface area contributed by atoms with Gasteiger partial charge in [-0.25, -0.2) is 0 Å². The minimum Gasteiger partial charge on any atom is -0.0879 e. The molecule has 0 nitrogen and oxygen atoms in total. The number of hydrogen-bond donors (Lipinski definition) is 0. The van der Waals surface area contributed by atoms with E-state index in [4.69, 9.17) is 0 Å². The van der Waals surface area contributed by atoms with Crippen LogP contribution < -0.4 is 0 Å². The van der Waals surface area contributed by atoms with Crippen molar-refractivity contribution in [1.82, 2.24) is 0 Å². The van der Waals surface area contributed by atoms with Gasteiger partial charge in [0.05, 0.1) is 0 Å². The average molecular weight is 285 g/mol. The third-order valence-electron chi connectivity index (χ3n) is 1.73. The van der Waals surface area contributed by atoms with Crippen LogP contribution in [-0.4, -0.2) is 9.65 Å². The molecule has 0 aliphatic rings. The summed E-state index contributed by atoms with van der Waals surface area (Å²) in [7, 11) is 0. The molecule has 0 aliphatic carbocycles. The van der Waals surface area contributed by atoms with Crippen LogP contribution in [0.4, 0.5) is 0 Å². The fourth-order valence-electron chi connectivity index (χ4n) is 0.947. The standard InChI is InChI=1S/C9H17Br2/c1-3-4-5-6-7-9(11)8(2)10/h8-9H,2-7H2,1H3. The average Bonchev–Trinajstić information content (AvgIpc) is 1.97. The Morgan fingerprint density at radius 1 is 1.18 bits per heavy atom. The molecular weight excluding hydrogens is 268 g/mol. The monoisotopic (exact) mass is 283 g/mol. The van der Waals surface area contributed by atoms with Gasteiger partial charge in [0.25, 0.3) is 0 Å². The highest BCUT2D eigenvalue weighted by molar-refractivity contribution is 9.12. The Morgan fingerprint density at radius 3 is 2.27 bits per heavy atom. The van der Waals surface area contributed by atoms with Crippen LogP contribution in [-0.2, 0) is 0 Å². The first-order valence-electron chi connectivity index (χ1n) is 4.29. The van der Waals surface area contributed by atoms with Crippen LogP contribution in [0.3, 0.4) is 0 Å². The van der Waals surface area contributed by atoms with Gasteiger partial charge in [0.1, 0.15) is 0 Å². The number of alkyl halides is 2. The molecule has 0 aromatic rings. The van der Waals surface area contributed by atoms with Crippen molar-refractivity contribution in [2.24, 2.45) is 0 Å². The summed E-state index contributed by atoms with van der Waals surface area (Å²) in [5.74, 6) is 0. The zero-order chi connectivity index (χ0) is 8.69. The molecule has 2 heteroatoms. The molecule has 0 spiro atoms. The van der Waals surface area contributed by atoms with E-state index in [1.165, 1.54) is 32.1 Å².